The quantitative estimate of drug-likeness (QED) is 0.426. The standard InChI is InChI=1S/C29H32ClN3O4S2/c1-37-21-29-20-32(39(35,36)26-10-8-23-15-25(30)9-7-24(23)16-26)18-27(34)33(29)19-28(38-29)11-13-31(14-12-28)17-22-5-3-2-4-6-22/h2-10,15-16H,11-14,17-21H2,1H3. The Morgan fingerprint density at radius 2 is 1.69 bits per heavy atom. The molecular weight excluding hydrogens is 554 g/mol. The number of halogens is 1. The molecule has 6 rings (SSSR count). The number of rotatable bonds is 6. The molecule has 0 aromatic heterocycles. The molecular formula is C29H32ClN3O4S2. The topological polar surface area (TPSA) is 70.2 Å². The summed E-state index contributed by atoms with van der Waals surface area (Å²) in [5.74, 6) is -0.162. The molecule has 1 spiro atoms. The van der Waals surface area contributed by atoms with Gasteiger partial charge >= 0.3 is 0 Å². The summed E-state index contributed by atoms with van der Waals surface area (Å²) in [4.78, 5) is 17.4. The molecule has 0 N–H and O–H groups in total. The summed E-state index contributed by atoms with van der Waals surface area (Å²) in [6.07, 6.45) is 1.89. The number of piperazine rings is 1. The third-order valence-corrected chi connectivity index (χ3v) is 12.0. The van der Waals surface area contributed by atoms with Crippen molar-refractivity contribution in [1.29, 1.82) is 0 Å². The summed E-state index contributed by atoms with van der Waals surface area (Å²) in [6.45, 7) is 3.74. The maximum absolute atomic E-state index is 13.8. The molecule has 0 aliphatic carbocycles. The molecule has 0 bridgehead atoms. The zero-order chi connectivity index (χ0) is 27.3. The van der Waals surface area contributed by atoms with Gasteiger partial charge in [0.1, 0.15) is 4.87 Å². The maximum atomic E-state index is 13.8. The van der Waals surface area contributed by atoms with Crippen LogP contribution in [-0.4, -0.2) is 84.5 Å². The van der Waals surface area contributed by atoms with E-state index in [1.165, 1.54) is 9.87 Å². The minimum absolute atomic E-state index is 0.108. The average Bonchev–Trinajstić information content (AvgIpc) is 3.24. The molecule has 3 aromatic rings. The van der Waals surface area contributed by atoms with Gasteiger partial charge in [-0.3, -0.25) is 9.69 Å². The van der Waals surface area contributed by atoms with E-state index in [2.05, 4.69) is 29.2 Å². The van der Waals surface area contributed by atoms with Crippen molar-refractivity contribution in [3.05, 3.63) is 77.3 Å². The van der Waals surface area contributed by atoms with Gasteiger partial charge in [0.25, 0.3) is 0 Å². The predicted octanol–water partition coefficient (Wildman–Crippen LogP) is 4.45. The number of carbonyl (C=O) groups is 1. The number of likely N-dealkylation sites (tertiary alicyclic amines) is 1. The lowest BCUT2D eigenvalue weighted by Gasteiger charge is -2.44. The molecule has 10 heteroatoms. The Labute approximate surface area is 239 Å². The number of methoxy groups -OCH3 is 1. The summed E-state index contributed by atoms with van der Waals surface area (Å²) in [7, 11) is -2.28. The van der Waals surface area contributed by atoms with Gasteiger partial charge in [-0.05, 0) is 66.5 Å². The van der Waals surface area contributed by atoms with E-state index in [1.807, 2.05) is 23.1 Å². The molecule has 0 radical (unpaired) electrons. The number of fused-ring (bicyclic) bond motifs is 2. The summed E-state index contributed by atoms with van der Waals surface area (Å²) < 4.78 is 34.6. The van der Waals surface area contributed by atoms with Crippen LogP contribution in [-0.2, 0) is 26.1 Å². The minimum Gasteiger partial charge on any atom is -0.381 e. The van der Waals surface area contributed by atoms with Crippen molar-refractivity contribution in [1.82, 2.24) is 14.1 Å². The molecule has 0 saturated carbocycles. The van der Waals surface area contributed by atoms with Gasteiger partial charge in [0, 0.05) is 36.5 Å². The second-order valence-corrected chi connectivity index (χ2v) is 15.0. The van der Waals surface area contributed by atoms with Gasteiger partial charge in [0.05, 0.1) is 18.0 Å². The molecule has 3 aliphatic rings. The number of carbonyl (C=O) groups excluding carboxylic acids is 1. The molecule has 3 aliphatic heterocycles. The molecule has 7 nitrogen and oxygen atoms in total. The highest BCUT2D eigenvalue weighted by molar-refractivity contribution is 8.02. The molecule has 39 heavy (non-hydrogen) atoms. The number of hydrogen-bond acceptors (Lipinski definition) is 6. The molecule has 1 unspecified atom stereocenters. The van der Waals surface area contributed by atoms with Gasteiger partial charge < -0.3 is 9.64 Å². The van der Waals surface area contributed by atoms with Crippen molar-refractivity contribution in [3.63, 3.8) is 0 Å². The number of sulfonamides is 1. The van der Waals surface area contributed by atoms with E-state index >= 15 is 0 Å². The molecule has 3 saturated heterocycles. The SMILES string of the molecule is COCC12CN(S(=O)(=O)c3ccc4cc(Cl)ccc4c3)CC(=O)N1CC1(CCN(Cc3ccccc3)CC1)S2. The Hall–Kier alpha value is -2.14. The first-order valence-electron chi connectivity index (χ1n) is 13.2. The van der Waals surface area contributed by atoms with E-state index in [1.54, 1.807) is 43.1 Å². The first-order valence-corrected chi connectivity index (χ1v) is 15.8. The Balaban J connectivity index is 1.23. The Morgan fingerprint density at radius 3 is 2.44 bits per heavy atom. The second kappa shape index (κ2) is 10.4. The van der Waals surface area contributed by atoms with Crippen LogP contribution in [0.1, 0.15) is 18.4 Å². The van der Waals surface area contributed by atoms with Gasteiger partial charge in [-0.25, -0.2) is 8.42 Å². The lowest BCUT2D eigenvalue weighted by atomic mass is 9.94. The van der Waals surface area contributed by atoms with Crippen LogP contribution in [0.15, 0.2) is 71.6 Å². The fraction of sp³-hybridized carbons (Fsp3) is 0.414. The fourth-order valence-corrected chi connectivity index (χ4v) is 10.00. The number of piperidine rings is 1. The predicted molar refractivity (Wildman–Crippen MR) is 155 cm³/mol. The van der Waals surface area contributed by atoms with E-state index in [4.69, 9.17) is 16.3 Å². The Morgan fingerprint density at radius 1 is 0.974 bits per heavy atom. The maximum Gasteiger partial charge on any atom is 0.243 e. The van der Waals surface area contributed by atoms with Gasteiger partial charge in [-0.2, -0.15) is 4.31 Å². The normalized spacial score (nSPS) is 23.9. The number of thioether (sulfide) groups is 1. The van der Waals surface area contributed by atoms with E-state index < -0.39 is 14.9 Å². The minimum atomic E-state index is -3.90. The lowest BCUT2D eigenvalue weighted by Crippen LogP contribution is -2.63. The number of benzene rings is 3. The highest BCUT2D eigenvalue weighted by atomic mass is 35.5. The first-order chi connectivity index (χ1) is 18.7. The van der Waals surface area contributed by atoms with Crippen molar-refractivity contribution >= 4 is 50.1 Å². The molecule has 3 aromatic carbocycles. The molecule has 1 amide bonds. The third-order valence-electron chi connectivity index (χ3n) is 8.18. The Bertz CT molecular complexity index is 1490. The zero-order valence-electron chi connectivity index (χ0n) is 21.9. The van der Waals surface area contributed by atoms with Crippen LogP contribution in [0, 0.1) is 0 Å². The highest BCUT2D eigenvalue weighted by Gasteiger charge is 2.60. The monoisotopic (exact) mass is 585 g/mol. The highest BCUT2D eigenvalue weighted by Crippen LogP contribution is 2.54. The van der Waals surface area contributed by atoms with Crippen molar-refractivity contribution in [3.8, 4) is 0 Å². The van der Waals surface area contributed by atoms with Crippen LogP contribution in [0.25, 0.3) is 10.8 Å². The zero-order valence-corrected chi connectivity index (χ0v) is 24.3. The van der Waals surface area contributed by atoms with Gasteiger partial charge in [-0.1, -0.05) is 54.1 Å². The summed E-state index contributed by atoms with van der Waals surface area (Å²) >= 11 is 7.86. The lowest BCUT2D eigenvalue weighted by molar-refractivity contribution is -0.140. The van der Waals surface area contributed by atoms with Gasteiger partial charge in [0.2, 0.25) is 15.9 Å². The van der Waals surface area contributed by atoms with E-state index in [0.717, 1.165) is 43.2 Å². The molecule has 3 fully saturated rings. The van der Waals surface area contributed by atoms with Crippen molar-refractivity contribution in [2.75, 3.05) is 46.4 Å². The molecule has 206 valence electrons. The van der Waals surface area contributed by atoms with Crippen LogP contribution in [0.2, 0.25) is 5.02 Å². The van der Waals surface area contributed by atoms with Crippen LogP contribution in [0.5, 0.6) is 0 Å². The molecule has 1 atom stereocenters. The average molecular weight is 586 g/mol. The number of hydrogen-bond donors (Lipinski definition) is 0. The first kappa shape index (κ1) is 27.1. The van der Waals surface area contributed by atoms with Crippen LogP contribution < -0.4 is 0 Å². The smallest absolute Gasteiger partial charge is 0.243 e. The third kappa shape index (κ3) is 5.09. The van der Waals surface area contributed by atoms with Gasteiger partial charge in [-0.15, -0.1) is 11.8 Å². The van der Waals surface area contributed by atoms with E-state index in [-0.39, 0.29) is 35.2 Å². The van der Waals surface area contributed by atoms with Crippen LogP contribution >= 0.6 is 23.4 Å². The number of amides is 1. The van der Waals surface area contributed by atoms with E-state index in [0.29, 0.717) is 11.6 Å². The summed E-state index contributed by atoms with van der Waals surface area (Å²) in [5, 5.41) is 2.25. The second-order valence-electron chi connectivity index (χ2n) is 10.8. The van der Waals surface area contributed by atoms with Crippen molar-refractivity contribution in [2.24, 2.45) is 0 Å². The summed E-state index contributed by atoms with van der Waals surface area (Å²) in [6, 6.07) is 20.9. The van der Waals surface area contributed by atoms with Crippen LogP contribution in [0.3, 0.4) is 0 Å². The summed E-state index contributed by atoms with van der Waals surface area (Å²) in [5.41, 5.74) is 1.30. The van der Waals surface area contributed by atoms with Crippen molar-refractivity contribution in [2.45, 2.75) is 33.9 Å². The number of ether oxygens (including phenoxy) is 1. The fourth-order valence-electron chi connectivity index (χ4n) is 6.20. The van der Waals surface area contributed by atoms with E-state index in [9.17, 15) is 13.2 Å². The largest absolute Gasteiger partial charge is 0.381 e. The van der Waals surface area contributed by atoms with Gasteiger partial charge in [0.15, 0.2) is 0 Å². The Kier molecular flexibility index (Phi) is 7.18. The number of nitrogens with zero attached hydrogens (tertiary/aromatic N) is 3. The van der Waals surface area contributed by atoms with Crippen molar-refractivity contribution < 1.29 is 17.9 Å². The molecule has 3 heterocycles. The van der Waals surface area contributed by atoms with Crippen LogP contribution in [0.4, 0.5) is 0 Å².